The zero-order chi connectivity index (χ0) is 20.5. The molecule has 5 aromatic rings. The van der Waals surface area contributed by atoms with Gasteiger partial charge in [0.15, 0.2) is 0 Å². The fourth-order valence-corrected chi connectivity index (χ4v) is 5.04. The van der Waals surface area contributed by atoms with E-state index >= 15 is 0 Å². The number of hydrogen-bond acceptors (Lipinski definition) is 1. The Morgan fingerprint density at radius 1 is 0.700 bits per heavy atom. The van der Waals surface area contributed by atoms with Gasteiger partial charge in [-0.05, 0) is 43.2 Å². The Kier molecular flexibility index (Phi) is 3.34. The van der Waals surface area contributed by atoms with Crippen molar-refractivity contribution in [2.75, 3.05) is 5.32 Å². The molecule has 3 aromatic carbocycles. The van der Waals surface area contributed by atoms with Crippen molar-refractivity contribution in [2.45, 2.75) is 19.3 Å². The van der Waals surface area contributed by atoms with Crippen LogP contribution in [-0.2, 0) is 10.2 Å². The third-order valence-electron chi connectivity index (χ3n) is 6.40. The minimum atomic E-state index is -0.933. The summed E-state index contributed by atoms with van der Waals surface area (Å²) in [5.41, 5.74) is 7.31. The van der Waals surface area contributed by atoms with Gasteiger partial charge in [0, 0.05) is 56.6 Å². The molecule has 3 heterocycles. The van der Waals surface area contributed by atoms with Crippen LogP contribution in [0.2, 0.25) is 0 Å². The summed E-state index contributed by atoms with van der Waals surface area (Å²) in [4.78, 5) is 20.7. The van der Waals surface area contributed by atoms with E-state index in [1.54, 1.807) is 0 Å². The fourth-order valence-electron chi connectivity index (χ4n) is 5.04. The minimum Gasteiger partial charge on any atom is -0.361 e. The van der Waals surface area contributed by atoms with E-state index in [0.29, 0.717) is 0 Å². The van der Waals surface area contributed by atoms with Gasteiger partial charge in [0.1, 0.15) is 5.41 Å². The monoisotopic (exact) mass is 391 g/mol. The van der Waals surface area contributed by atoms with Crippen LogP contribution >= 0.6 is 0 Å². The van der Waals surface area contributed by atoms with Gasteiger partial charge in [-0.2, -0.15) is 0 Å². The van der Waals surface area contributed by atoms with E-state index in [1.807, 2.05) is 30.6 Å². The van der Waals surface area contributed by atoms with E-state index in [2.05, 4.69) is 71.6 Å². The van der Waals surface area contributed by atoms with Crippen LogP contribution in [0.3, 0.4) is 0 Å². The molecule has 0 fully saturated rings. The lowest BCUT2D eigenvalue weighted by Gasteiger charge is -2.27. The fraction of sp³-hybridized carbons (Fsp3) is 0.115. The van der Waals surface area contributed by atoms with Crippen LogP contribution in [0.5, 0.6) is 0 Å². The first-order valence-electron chi connectivity index (χ1n) is 10.2. The molecule has 4 nitrogen and oxygen atoms in total. The van der Waals surface area contributed by atoms with Gasteiger partial charge in [-0.3, -0.25) is 4.79 Å². The lowest BCUT2D eigenvalue weighted by molar-refractivity contribution is -0.118. The Balaban J connectivity index is 1.77. The first-order valence-corrected chi connectivity index (χ1v) is 10.2. The van der Waals surface area contributed by atoms with Crippen LogP contribution in [0.25, 0.3) is 21.8 Å². The number of para-hydroxylation sites is 1. The summed E-state index contributed by atoms with van der Waals surface area (Å²) in [6.45, 7) is 4.16. The Labute approximate surface area is 173 Å². The Hall–Kier alpha value is -3.79. The highest BCUT2D eigenvalue weighted by atomic mass is 16.2. The zero-order valence-corrected chi connectivity index (χ0v) is 16.8. The molecule has 0 saturated heterocycles. The minimum absolute atomic E-state index is 0.0216. The molecular weight excluding hydrogens is 370 g/mol. The van der Waals surface area contributed by atoms with Crippen LogP contribution in [-0.4, -0.2) is 15.9 Å². The maximum Gasteiger partial charge on any atom is 0.244 e. The largest absolute Gasteiger partial charge is 0.361 e. The van der Waals surface area contributed by atoms with Crippen molar-refractivity contribution in [3.05, 3.63) is 101 Å². The van der Waals surface area contributed by atoms with E-state index in [9.17, 15) is 4.79 Å². The molecular formula is C26H21N3O. The predicted molar refractivity (Wildman–Crippen MR) is 121 cm³/mol. The van der Waals surface area contributed by atoms with Crippen molar-refractivity contribution in [3.8, 4) is 0 Å². The molecule has 0 unspecified atom stereocenters. The summed E-state index contributed by atoms with van der Waals surface area (Å²) in [6.07, 6.45) is 4.00. The quantitative estimate of drug-likeness (QED) is 0.363. The first-order chi connectivity index (χ1) is 14.6. The maximum absolute atomic E-state index is 13.8. The Morgan fingerprint density at radius 2 is 1.27 bits per heavy atom. The summed E-state index contributed by atoms with van der Waals surface area (Å²) in [7, 11) is 0. The number of nitrogens with one attached hydrogen (secondary N) is 3. The highest BCUT2D eigenvalue weighted by molar-refractivity contribution is 6.15. The van der Waals surface area contributed by atoms with Crippen LogP contribution in [0.4, 0.5) is 5.69 Å². The number of carbonyl (C=O) groups excluding carboxylic acids is 1. The number of H-pyrrole nitrogens is 2. The number of aryl methyl sites for hydroxylation is 2. The summed E-state index contributed by atoms with van der Waals surface area (Å²) in [5, 5.41) is 5.28. The van der Waals surface area contributed by atoms with Crippen LogP contribution in [0, 0.1) is 13.8 Å². The summed E-state index contributed by atoms with van der Waals surface area (Å²) >= 11 is 0. The molecule has 1 aliphatic heterocycles. The Bertz CT molecular complexity index is 1390. The van der Waals surface area contributed by atoms with E-state index in [4.69, 9.17) is 0 Å². The SMILES string of the molecule is Cc1ccc2c(C3(c4c[nH]c5cc(C)ccc45)C(=O)Nc4ccccc43)c[nH]c2c1. The smallest absolute Gasteiger partial charge is 0.244 e. The predicted octanol–water partition coefficient (Wildman–Crippen LogP) is 5.55. The summed E-state index contributed by atoms with van der Waals surface area (Å²) in [6, 6.07) is 20.7. The molecule has 0 spiro atoms. The Morgan fingerprint density at radius 3 is 1.87 bits per heavy atom. The van der Waals surface area contributed by atoms with Crippen molar-refractivity contribution in [2.24, 2.45) is 0 Å². The second kappa shape index (κ2) is 5.86. The molecule has 2 aromatic heterocycles. The molecule has 6 rings (SSSR count). The van der Waals surface area contributed by atoms with Crippen LogP contribution in [0.15, 0.2) is 73.1 Å². The third-order valence-corrected chi connectivity index (χ3v) is 6.40. The van der Waals surface area contributed by atoms with E-state index in [0.717, 1.165) is 44.2 Å². The molecule has 0 bridgehead atoms. The van der Waals surface area contributed by atoms with Crippen LogP contribution < -0.4 is 5.32 Å². The van der Waals surface area contributed by atoms with Gasteiger partial charge in [0.05, 0.1) is 0 Å². The molecule has 0 radical (unpaired) electrons. The molecule has 1 amide bonds. The van der Waals surface area contributed by atoms with Crippen molar-refractivity contribution < 1.29 is 4.79 Å². The van der Waals surface area contributed by atoms with E-state index < -0.39 is 5.41 Å². The first kappa shape index (κ1) is 17.1. The molecule has 4 heteroatoms. The third kappa shape index (κ3) is 2.08. The second-order valence-electron chi connectivity index (χ2n) is 8.25. The number of aromatic nitrogens is 2. The number of fused-ring (bicyclic) bond motifs is 3. The number of rotatable bonds is 2. The van der Waals surface area contributed by atoms with Crippen molar-refractivity contribution in [3.63, 3.8) is 0 Å². The van der Waals surface area contributed by atoms with Gasteiger partial charge < -0.3 is 15.3 Å². The zero-order valence-electron chi connectivity index (χ0n) is 16.8. The number of aromatic amines is 2. The number of benzene rings is 3. The topological polar surface area (TPSA) is 60.7 Å². The van der Waals surface area contributed by atoms with Gasteiger partial charge in [0.2, 0.25) is 5.91 Å². The lowest BCUT2D eigenvalue weighted by atomic mass is 9.70. The normalized spacial score (nSPS) is 14.9. The highest BCUT2D eigenvalue weighted by Gasteiger charge is 2.52. The molecule has 30 heavy (non-hydrogen) atoms. The molecule has 146 valence electrons. The molecule has 0 saturated carbocycles. The number of amides is 1. The van der Waals surface area contributed by atoms with Gasteiger partial charge in [-0.15, -0.1) is 0 Å². The average molecular weight is 391 g/mol. The van der Waals surface area contributed by atoms with Crippen molar-refractivity contribution in [1.29, 1.82) is 0 Å². The maximum atomic E-state index is 13.8. The molecule has 3 N–H and O–H groups in total. The van der Waals surface area contributed by atoms with Crippen molar-refractivity contribution >= 4 is 33.4 Å². The second-order valence-corrected chi connectivity index (χ2v) is 8.25. The number of hydrogen-bond donors (Lipinski definition) is 3. The number of carbonyl (C=O) groups is 1. The highest BCUT2D eigenvalue weighted by Crippen LogP contribution is 2.51. The molecule has 0 atom stereocenters. The average Bonchev–Trinajstić information content (AvgIpc) is 3.41. The molecule has 0 aliphatic carbocycles. The van der Waals surface area contributed by atoms with E-state index in [1.165, 1.54) is 11.1 Å². The van der Waals surface area contributed by atoms with E-state index in [-0.39, 0.29) is 5.91 Å². The lowest BCUT2D eigenvalue weighted by Crippen LogP contribution is -2.36. The summed E-state index contributed by atoms with van der Waals surface area (Å²) in [5.74, 6) is -0.0216. The van der Waals surface area contributed by atoms with Gasteiger partial charge in [-0.1, -0.05) is 42.5 Å². The molecule has 1 aliphatic rings. The van der Waals surface area contributed by atoms with Crippen molar-refractivity contribution in [1.82, 2.24) is 9.97 Å². The van der Waals surface area contributed by atoms with Crippen LogP contribution in [0.1, 0.15) is 27.8 Å². The number of anilines is 1. The summed E-state index contributed by atoms with van der Waals surface area (Å²) < 4.78 is 0. The van der Waals surface area contributed by atoms with Gasteiger partial charge >= 0.3 is 0 Å². The van der Waals surface area contributed by atoms with Gasteiger partial charge in [0.25, 0.3) is 0 Å². The standard InChI is InChI=1S/C26H21N3O/c1-15-7-9-17-20(13-27-23(17)11-15)26(19-5-3-4-6-22(19)29-25(26)30)21-14-28-24-12-16(2)8-10-18(21)24/h3-14,27-28H,1-2H3,(H,29,30). The van der Waals surface area contributed by atoms with Gasteiger partial charge in [-0.25, -0.2) is 0 Å².